The average Bonchev–Trinajstić information content (AvgIpc) is 2.70. The number of amides is 2. The van der Waals surface area contributed by atoms with E-state index in [2.05, 4.69) is 15.6 Å². The third-order valence-corrected chi connectivity index (χ3v) is 3.96. The monoisotopic (exact) mass is 376 g/mol. The predicted octanol–water partition coefficient (Wildman–Crippen LogP) is 4.11. The molecule has 0 spiro atoms. The quantitative estimate of drug-likeness (QED) is 0.716. The molecule has 0 aliphatic carbocycles. The van der Waals surface area contributed by atoms with Crippen molar-refractivity contribution < 1.29 is 9.59 Å². The van der Waals surface area contributed by atoms with Crippen LogP contribution in [0.3, 0.4) is 0 Å². The van der Waals surface area contributed by atoms with Gasteiger partial charge < -0.3 is 10.6 Å². The molecule has 2 amide bonds. The largest absolute Gasteiger partial charge is 0.322 e. The Hall–Kier alpha value is -3.69. The summed E-state index contributed by atoms with van der Waals surface area (Å²) in [5.74, 6) is -0.873. The van der Waals surface area contributed by atoms with Crippen LogP contribution in [0.2, 0.25) is 5.02 Å². The van der Waals surface area contributed by atoms with Crippen LogP contribution < -0.4 is 10.6 Å². The minimum Gasteiger partial charge on any atom is -0.322 e. The highest BCUT2D eigenvalue weighted by molar-refractivity contribution is 6.33. The van der Waals surface area contributed by atoms with Crippen molar-refractivity contribution in [1.82, 2.24) is 4.98 Å². The predicted molar refractivity (Wildman–Crippen MR) is 103 cm³/mol. The Balaban J connectivity index is 1.76. The second-order valence-corrected chi connectivity index (χ2v) is 5.95. The molecule has 0 aliphatic rings. The van der Waals surface area contributed by atoms with Crippen LogP contribution in [0.1, 0.15) is 26.3 Å². The van der Waals surface area contributed by atoms with Crippen LogP contribution in [0, 0.1) is 11.3 Å². The van der Waals surface area contributed by atoms with Crippen molar-refractivity contribution >= 4 is 34.8 Å². The van der Waals surface area contributed by atoms with E-state index in [0.29, 0.717) is 22.0 Å². The topological polar surface area (TPSA) is 94.9 Å². The van der Waals surface area contributed by atoms with Gasteiger partial charge >= 0.3 is 0 Å². The van der Waals surface area contributed by atoms with Gasteiger partial charge in [-0.25, -0.2) is 0 Å². The van der Waals surface area contributed by atoms with Gasteiger partial charge in [0.25, 0.3) is 11.8 Å². The summed E-state index contributed by atoms with van der Waals surface area (Å²) >= 11 is 6.04. The Kier molecular flexibility index (Phi) is 5.45. The number of carbonyl (C=O) groups excluding carboxylic acids is 2. The third kappa shape index (κ3) is 4.48. The minimum absolute atomic E-state index is 0.212. The van der Waals surface area contributed by atoms with E-state index in [1.807, 2.05) is 6.07 Å². The number of pyridine rings is 1. The number of hydrogen-bond acceptors (Lipinski definition) is 4. The zero-order valence-electron chi connectivity index (χ0n) is 13.9. The van der Waals surface area contributed by atoms with Crippen LogP contribution >= 0.6 is 11.6 Å². The lowest BCUT2D eigenvalue weighted by Gasteiger charge is -2.08. The molecule has 1 heterocycles. The van der Waals surface area contributed by atoms with Crippen molar-refractivity contribution in [2.75, 3.05) is 10.6 Å². The SMILES string of the molecule is N#Cc1cccc(NC(=O)c2cncc(C(=O)Nc3ccccc3Cl)c2)c1. The molecule has 3 aromatic rings. The maximum Gasteiger partial charge on any atom is 0.257 e. The first-order valence-electron chi connectivity index (χ1n) is 7.89. The Bertz CT molecular complexity index is 1060. The first-order chi connectivity index (χ1) is 13.1. The highest BCUT2D eigenvalue weighted by atomic mass is 35.5. The molecule has 132 valence electrons. The molecule has 7 heteroatoms. The van der Waals surface area contributed by atoms with Gasteiger partial charge in [-0.2, -0.15) is 5.26 Å². The first-order valence-corrected chi connectivity index (χ1v) is 8.27. The average molecular weight is 377 g/mol. The van der Waals surface area contributed by atoms with Crippen molar-refractivity contribution in [3.8, 4) is 6.07 Å². The Morgan fingerprint density at radius 1 is 0.926 bits per heavy atom. The lowest BCUT2D eigenvalue weighted by Crippen LogP contribution is -2.16. The van der Waals surface area contributed by atoms with Crippen molar-refractivity contribution in [2.24, 2.45) is 0 Å². The highest BCUT2D eigenvalue weighted by Gasteiger charge is 2.13. The van der Waals surface area contributed by atoms with Gasteiger partial charge in [0.1, 0.15) is 0 Å². The van der Waals surface area contributed by atoms with E-state index < -0.39 is 11.8 Å². The number of nitrogens with zero attached hydrogens (tertiary/aromatic N) is 2. The number of anilines is 2. The molecule has 0 radical (unpaired) electrons. The zero-order chi connectivity index (χ0) is 19.2. The molecule has 3 rings (SSSR count). The summed E-state index contributed by atoms with van der Waals surface area (Å²) in [7, 11) is 0. The molecule has 0 saturated carbocycles. The van der Waals surface area contributed by atoms with Crippen LogP contribution in [0.4, 0.5) is 11.4 Å². The summed E-state index contributed by atoms with van der Waals surface area (Å²) in [4.78, 5) is 28.8. The molecule has 0 saturated heterocycles. The number of rotatable bonds is 4. The number of halogens is 1. The number of nitrogens with one attached hydrogen (secondary N) is 2. The molecule has 0 fully saturated rings. The first kappa shape index (κ1) is 18.1. The molecule has 1 aromatic heterocycles. The van der Waals surface area contributed by atoms with E-state index in [1.165, 1.54) is 18.5 Å². The molecular weight excluding hydrogens is 364 g/mol. The molecule has 0 unspecified atom stereocenters. The second-order valence-electron chi connectivity index (χ2n) is 5.54. The van der Waals surface area contributed by atoms with Gasteiger partial charge in [0.2, 0.25) is 0 Å². The number of para-hydroxylation sites is 1. The lowest BCUT2D eigenvalue weighted by atomic mass is 10.1. The van der Waals surface area contributed by atoms with E-state index in [1.54, 1.807) is 48.5 Å². The number of hydrogen-bond donors (Lipinski definition) is 2. The number of benzene rings is 2. The van der Waals surface area contributed by atoms with Gasteiger partial charge in [0.15, 0.2) is 0 Å². The molecule has 0 atom stereocenters. The molecule has 0 aliphatic heterocycles. The van der Waals surface area contributed by atoms with Crippen LogP contribution in [-0.2, 0) is 0 Å². The smallest absolute Gasteiger partial charge is 0.257 e. The Morgan fingerprint density at radius 2 is 1.63 bits per heavy atom. The number of aromatic nitrogens is 1. The van der Waals surface area contributed by atoms with Crippen molar-refractivity contribution in [3.63, 3.8) is 0 Å². The van der Waals surface area contributed by atoms with Gasteiger partial charge in [0, 0.05) is 18.1 Å². The maximum absolute atomic E-state index is 12.4. The number of nitriles is 1. The van der Waals surface area contributed by atoms with Gasteiger partial charge in [-0.15, -0.1) is 0 Å². The number of carbonyl (C=O) groups is 2. The summed E-state index contributed by atoms with van der Waals surface area (Å²) in [5.41, 5.74) is 1.80. The van der Waals surface area contributed by atoms with Gasteiger partial charge in [-0.05, 0) is 36.4 Å². The Labute approximate surface area is 160 Å². The van der Waals surface area contributed by atoms with Crippen molar-refractivity contribution in [1.29, 1.82) is 5.26 Å². The fourth-order valence-electron chi connectivity index (χ4n) is 2.32. The normalized spacial score (nSPS) is 9.93. The van der Waals surface area contributed by atoms with Gasteiger partial charge in [-0.3, -0.25) is 14.6 Å². The molecule has 6 nitrogen and oxygen atoms in total. The van der Waals surface area contributed by atoms with E-state index in [-0.39, 0.29) is 11.1 Å². The van der Waals surface area contributed by atoms with Gasteiger partial charge in [-0.1, -0.05) is 29.8 Å². The third-order valence-electron chi connectivity index (χ3n) is 3.63. The molecule has 2 N–H and O–H groups in total. The van der Waals surface area contributed by atoms with Crippen LogP contribution in [0.15, 0.2) is 67.0 Å². The summed E-state index contributed by atoms with van der Waals surface area (Å²) in [5, 5.41) is 14.7. The fourth-order valence-corrected chi connectivity index (χ4v) is 2.50. The van der Waals surface area contributed by atoms with Gasteiger partial charge in [0.05, 0.1) is 33.5 Å². The Morgan fingerprint density at radius 3 is 2.33 bits per heavy atom. The molecule has 0 bridgehead atoms. The fraction of sp³-hybridized carbons (Fsp3) is 0. The van der Waals surface area contributed by atoms with Crippen LogP contribution in [0.5, 0.6) is 0 Å². The van der Waals surface area contributed by atoms with E-state index in [0.717, 1.165) is 0 Å². The lowest BCUT2D eigenvalue weighted by molar-refractivity contribution is 0.102. The summed E-state index contributed by atoms with van der Waals surface area (Å²) in [6.45, 7) is 0. The van der Waals surface area contributed by atoms with E-state index in [9.17, 15) is 9.59 Å². The van der Waals surface area contributed by atoms with E-state index >= 15 is 0 Å². The summed E-state index contributed by atoms with van der Waals surface area (Å²) < 4.78 is 0. The molecule has 27 heavy (non-hydrogen) atoms. The van der Waals surface area contributed by atoms with Crippen molar-refractivity contribution in [2.45, 2.75) is 0 Å². The van der Waals surface area contributed by atoms with E-state index in [4.69, 9.17) is 16.9 Å². The highest BCUT2D eigenvalue weighted by Crippen LogP contribution is 2.21. The standard InChI is InChI=1S/C20H13ClN4O2/c21-17-6-1-2-7-18(17)25-20(27)15-9-14(11-23-12-15)19(26)24-16-5-3-4-13(8-16)10-22/h1-9,11-12H,(H,24,26)(H,25,27). The summed E-state index contributed by atoms with van der Waals surface area (Å²) in [6, 6.07) is 16.8. The minimum atomic E-state index is -0.440. The second kappa shape index (κ2) is 8.13. The van der Waals surface area contributed by atoms with Crippen LogP contribution in [0.25, 0.3) is 0 Å². The zero-order valence-corrected chi connectivity index (χ0v) is 14.7. The van der Waals surface area contributed by atoms with Crippen molar-refractivity contribution in [3.05, 3.63) is 88.7 Å². The maximum atomic E-state index is 12.4. The molecular formula is C20H13ClN4O2. The van der Waals surface area contributed by atoms with Crippen LogP contribution in [-0.4, -0.2) is 16.8 Å². The molecule has 2 aromatic carbocycles. The summed E-state index contributed by atoms with van der Waals surface area (Å²) in [6.07, 6.45) is 2.72.